The molecule has 0 aliphatic heterocycles. The number of methoxy groups -OCH3 is 1. The van der Waals surface area contributed by atoms with Gasteiger partial charge < -0.3 is 14.3 Å². The van der Waals surface area contributed by atoms with Gasteiger partial charge >= 0.3 is 0 Å². The summed E-state index contributed by atoms with van der Waals surface area (Å²) in [6.45, 7) is 4.88. The number of hydrogen-bond acceptors (Lipinski definition) is 3. The van der Waals surface area contributed by atoms with Crippen LogP contribution in [0.2, 0.25) is 0 Å². The van der Waals surface area contributed by atoms with Gasteiger partial charge in [0, 0.05) is 21.9 Å². The van der Waals surface area contributed by atoms with Crippen molar-refractivity contribution in [1.82, 2.24) is 9.55 Å². The highest BCUT2D eigenvalue weighted by Crippen LogP contribution is 2.27. The quantitative estimate of drug-likeness (QED) is 0.716. The van der Waals surface area contributed by atoms with E-state index in [1.54, 1.807) is 17.4 Å². The maximum Gasteiger partial charge on any atom is 0.178 e. The molecule has 6 heteroatoms. The van der Waals surface area contributed by atoms with Crippen molar-refractivity contribution in [2.24, 2.45) is 0 Å². The Kier molecular flexibility index (Phi) is 3.59. The van der Waals surface area contributed by atoms with Gasteiger partial charge in [-0.3, -0.25) is 0 Å². The summed E-state index contributed by atoms with van der Waals surface area (Å²) in [5.74, 6) is -0.167. The van der Waals surface area contributed by atoms with Crippen LogP contribution in [0.3, 0.4) is 0 Å². The molecule has 1 aromatic carbocycles. The Morgan fingerprint density at radius 3 is 2.71 bits per heavy atom. The lowest BCUT2D eigenvalue weighted by atomic mass is 10.2. The van der Waals surface area contributed by atoms with Crippen molar-refractivity contribution < 1.29 is 9.13 Å². The van der Waals surface area contributed by atoms with Crippen LogP contribution in [0.4, 0.5) is 4.39 Å². The lowest BCUT2D eigenvalue weighted by molar-refractivity contribution is 0.387. The van der Waals surface area contributed by atoms with Crippen LogP contribution in [0.1, 0.15) is 15.3 Å². The molecule has 0 atom stereocenters. The zero-order chi connectivity index (χ0) is 15.1. The third-order valence-corrected chi connectivity index (χ3v) is 5.04. The number of aromatic amines is 1. The van der Waals surface area contributed by atoms with Crippen molar-refractivity contribution in [3.8, 4) is 5.75 Å². The second kappa shape index (κ2) is 5.27. The third kappa shape index (κ3) is 2.49. The third-order valence-electron chi connectivity index (χ3n) is 3.58. The Labute approximate surface area is 131 Å². The van der Waals surface area contributed by atoms with Crippen LogP contribution >= 0.6 is 23.6 Å². The van der Waals surface area contributed by atoms with Gasteiger partial charge in [0.05, 0.1) is 24.7 Å². The van der Waals surface area contributed by atoms with Gasteiger partial charge in [0.2, 0.25) is 0 Å². The first-order chi connectivity index (χ1) is 9.99. The summed E-state index contributed by atoms with van der Waals surface area (Å²) >= 11 is 7.12. The number of H-pyrrole nitrogens is 1. The van der Waals surface area contributed by atoms with Gasteiger partial charge in [-0.2, -0.15) is 0 Å². The van der Waals surface area contributed by atoms with Crippen molar-refractivity contribution in [2.45, 2.75) is 20.4 Å². The first-order valence-electron chi connectivity index (χ1n) is 6.51. The number of imidazole rings is 1. The number of hydrogen-bond donors (Lipinski definition) is 1. The molecular weight excluding hydrogens is 307 g/mol. The number of aromatic nitrogens is 2. The molecule has 3 nitrogen and oxygen atoms in total. The minimum absolute atomic E-state index is 0.226. The highest BCUT2D eigenvalue weighted by atomic mass is 32.1. The Balaban J connectivity index is 2.13. The van der Waals surface area contributed by atoms with Gasteiger partial charge in [0.1, 0.15) is 0 Å². The van der Waals surface area contributed by atoms with Gasteiger partial charge in [-0.05, 0) is 37.7 Å². The van der Waals surface area contributed by atoms with Gasteiger partial charge in [0.15, 0.2) is 16.3 Å². The summed E-state index contributed by atoms with van der Waals surface area (Å²) in [5, 5.41) is 0. The van der Waals surface area contributed by atoms with E-state index >= 15 is 0 Å². The largest absolute Gasteiger partial charge is 0.494 e. The Morgan fingerprint density at radius 2 is 2.10 bits per heavy atom. The van der Waals surface area contributed by atoms with Crippen LogP contribution in [0.5, 0.6) is 5.75 Å². The van der Waals surface area contributed by atoms with E-state index in [1.807, 2.05) is 4.57 Å². The summed E-state index contributed by atoms with van der Waals surface area (Å²) in [6.07, 6.45) is 0. The predicted octanol–water partition coefficient (Wildman–Crippen LogP) is 4.57. The van der Waals surface area contributed by atoms with E-state index in [-0.39, 0.29) is 5.75 Å². The fourth-order valence-electron chi connectivity index (χ4n) is 2.36. The van der Waals surface area contributed by atoms with Crippen LogP contribution in [-0.4, -0.2) is 16.7 Å². The molecule has 3 rings (SSSR count). The van der Waals surface area contributed by atoms with Crippen molar-refractivity contribution >= 4 is 34.6 Å². The summed E-state index contributed by atoms with van der Waals surface area (Å²) in [7, 11) is 1.46. The SMILES string of the molecule is COc1cc2c(cc1F)[nH]c(=S)n2Cc1cc(C)c(C)s1. The molecule has 0 radical (unpaired) electrons. The molecule has 0 fully saturated rings. The molecule has 0 aliphatic carbocycles. The van der Waals surface area contributed by atoms with Crippen molar-refractivity contribution in [3.63, 3.8) is 0 Å². The molecular formula is C15H15FN2OS2. The molecule has 3 aromatic rings. The molecule has 0 spiro atoms. The van der Waals surface area contributed by atoms with Crippen LogP contribution < -0.4 is 4.74 Å². The second-order valence-electron chi connectivity index (χ2n) is 4.97. The molecule has 0 bridgehead atoms. The molecule has 21 heavy (non-hydrogen) atoms. The van der Waals surface area contributed by atoms with E-state index in [2.05, 4.69) is 24.9 Å². The molecule has 2 heterocycles. The smallest absolute Gasteiger partial charge is 0.178 e. The number of fused-ring (bicyclic) bond motifs is 1. The standard InChI is InChI=1S/C15H15FN2OS2/c1-8-4-10(21-9(8)2)7-18-13-6-14(19-3)11(16)5-12(13)17-15(18)20/h4-6H,7H2,1-3H3,(H,17,20). The lowest BCUT2D eigenvalue weighted by Gasteiger charge is -2.05. The number of halogens is 1. The molecule has 110 valence electrons. The zero-order valence-corrected chi connectivity index (χ0v) is 13.6. The van der Waals surface area contributed by atoms with E-state index in [0.29, 0.717) is 16.8 Å². The van der Waals surface area contributed by atoms with Crippen LogP contribution in [0.15, 0.2) is 18.2 Å². The minimum atomic E-state index is -0.392. The number of aryl methyl sites for hydroxylation is 2. The highest BCUT2D eigenvalue weighted by Gasteiger charge is 2.12. The number of nitrogens with one attached hydrogen (secondary N) is 1. The fourth-order valence-corrected chi connectivity index (χ4v) is 3.67. The predicted molar refractivity (Wildman–Crippen MR) is 86.5 cm³/mol. The molecule has 0 amide bonds. The molecule has 0 saturated carbocycles. The number of ether oxygens (including phenoxy) is 1. The first-order valence-corrected chi connectivity index (χ1v) is 7.74. The van der Waals surface area contributed by atoms with E-state index < -0.39 is 5.82 Å². The summed E-state index contributed by atoms with van der Waals surface area (Å²) in [6, 6.07) is 5.27. The highest BCUT2D eigenvalue weighted by molar-refractivity contribution is 7.71. The van der Waals surface area contributed by atoms with Gasteiger partial charge in [0.25, 0.3) is 0 Å². The molecule has 0 saturated heterocycles. The maximum absolute atomic E-state index is 13.8. The van der Waals surface area contributed by atoms with Crippen LogP contribution in [0.25, 0.3) is 11.0 Å². The topological polar surface area (TPSA) is 29.9 Å². The van der Waals surface area contributed by atoms with Gasteiger partial charge in [-0.25, -0.2) is 4.39 Å². The average Bonchev–Trinajstić information content (AvgIpc) is 2.90. The average molecular weight is 322 g/mol. The summed E-state index contributed by atoms with van der Waals surface area (Å²) in [4.78, 5) is 5.58. The Bertz CT molecular complexity index is 856. The van der Waals surface area contributed by atoms with Gasteiger partial charge in [-0.1, -0.05) is 0 Å². The van der Waals surface area contributed by atoms with Crippen LogP contribution in [-0.2, 0) is 6.54 Å². The first kappa shape index (κ1) is 14.3. The number of thiophene rings is 1. The molecule has 1 N–H and O–H groups in total. The summed E-state index contributed by atoms with van der Waals surface area (Å²) < 4.78 is 21.4. The van der Waals surface area contributed by atoms with Crippen molar-refractivity contribution in [3.05, 3.63) is 44.1 Å². The summed E-state index contributed by atoms with van der Waals surface area (Å²) in [5.41, 5.74) is 2.82. The normalized spacial score (nSPS) is 11.2. The number of rotatable bonds is 3. The van der Waals surface area contributed by atoms with E-state index in [9.17, 15) is 4.39 Å². The van der Waals surface area contributed by atoms with E-state index in [0.717, 1.165) is 5.52 Å². The Morgan fingerprint density at radius 1 is 1.33 bits per heavy atom. The number of benzene rings is 1. The molecule has 2 aromatic heterocycles. The van der Waals surface area contributed by atoms with Crippen LogP contribution in [0, 0.1) is 24.4 Å². The van der Waals surface area contributed by atoms with Crippen molar-refractivity contribution in [2.75, 3.05) is 7.11 Å². The van der Waals surface area contributed by atoms with E-state index in [4.69, 9.17) is 17.0 Å². The van der Waals surface area contributed by atoms with Gasteiger partial charge in [-0.15, -0.1) is 11.3 Å². The monoisotopic (exact) mass is 322 g/mol. The molecule has 0 aliphatic rings. The van der Waals surface area contributed by atoms with Crippen molar-refractivity contribution in [1.29, 1.82) is 0 Å². The molecule has 0 unspecified atom stereocenters. The lowest BCUT2D eigenvalue weighted by Crippen LogP contribution is -1.98. The zero-order valence-electron chi connectivity index (χ0n) is 12.0. The minimum Gasteiger partial charge on any atom is -0.494 e. The van der Waals surface area contributed by atoms with E-state index in [1.165, 1.54) is 28.5 Å². The fraction of sp³-hybridized carbons (Fsp3) is 0.267. The Hall–Kier alpha value is -1.66. The maximum atomic E-state index is 13.8. The number of nitrogens with zero attached hydrogens (tertiary/aromatic N) is 1. The second-order valence-corrected chi connectivity index (χ2v) is 6.70.